The zero-order chi connectivity index (χ0) is 23.8. The van der Waals surface area contributed by atoms with Crippen LogP contribution in [0.2, 0.25) is 5.02 Å². The number of fused-ring (bicyclic) bond motifs is 3. The number of rotatable bonds is 3. The van der Waals surface area contributed by atoms with Gasteiger partial charge in [-0.25, -0.2) is 0 Å². The molecule has 1 aliphatic rings. The molecule has 4 aromatic rings. The first-order valence-corrected chi connectivity index (χ1v) is 11.2. The number of aromatic amines is 1. The van der Waals surface area contributed by atoms with Crippen LogP contribution in [0.4, 0.5) is 11.4 Å². The summed E-state index contributed by atoms with van der Waals surface area (Å²) >= 11 is 6.26. The van der Waals surface area contributed by atoms with Gasteiger partial charge >= 0.3 is 11.8 Å². The minimum atomic E-state index is -0.703. The van der Waals surface area contributed by atoms with Crippen LogP contribution >= 0.6 is 11.6 Å². The number of hydrogen-bond acceptors (Lipinski definition) is 4. The number of nitrogens with one attached hydrogen (secondary N) is 2. The van der Waals surface area contributed by atoms with Crippen LogP contribution in [0, 0.1) is 0 Å². The number of H-pyrrole nitrogens is 1. The molecule has 5 rings (SSSR count). The maximum absolute atomic E-state index is 13.4. The van der Waals surface area contributed by atoms with Crippen molar-refractivity contribution in [2.75, 3.05) is 24.7 Å². The Kier molecular flexibility index (Phi) is 5.63. The quantitative estimate of drug-likeness (QED) is 0.300. The van der Waals surface area contributed by atoms with Gasteiger partial charge in [0.05, 0.1) is 13.2 Å². The second kappa shape index (κ2) is 8.76. The van der Waals surface area contributed by atoms with Crippen molar-refractivity contribution >= 4 is 45.7 Å². The van der Waals surface area contributed by atoms with E-state index < -0.39 is 17.9 Å². The molecule has 2 amide bonds. The number of aromatic nitrogens is 1. The van der Waals surface area contributed by atoms with Crippen LogP contribution in [-0.4, -0.2) is 35.4 Å². The number of benzene rings is 3. The van der Waals surface area contributed by atoms with E-state index >= 15 is 0 Å². The van der Waals surface area contributed by atoms with Crippen molar-refractivity contribution in [3.05, 3.63) is 88.6 Å². The van der Waals surface area contributed by atoms with Crippen molar-refractivity contribution in [1.29, 1.82) is 0 Å². The number of nitrogens with zero attached hydrogens (tertiary/aromatic N) is 1. The largest absolute Gasteiger partial charge is 0.497 e. The van der Waals surface area contributed by atoms with Crippen LogP contribution in [0.3, 0.4) is 0 Å². The molecule has 7 nitrogen and oxygen atoms in total. The van der Waals surface area contributed by atoms with E-state index in [2.05, 4.69) is 10.3 Å². The molecular formula is C26H23ClN4O3. The Morgan fingerprint density at radius 1 is 1.09 bits per heavy atom. The second-order valence-corrected chi connectivity index (χ2v) is 8.64. The van der Waals surface area contributed by atoms with Crippen molar-refractivity contribution in [3.63, 3.8) is 0 Å². The molecule has 0 fully saturated rings. The molecule has 172 valence electrons. The zero-order valence-electron chi connectivity index (χ0n) is 18.5. The Morgan fingerprint density at radius 3 is 2.53 bits per heavy atom. The molecule has 3 aromatic carbocycles. The third-order valence-corrected chi connectivity index (χ3v) is 6.38. The van der Waals surface area contributed by atoms with Crippen molar-refractivity contribution in [2.24, 2.45) is 0 Å². The smallest absolute Gasteiger partial charge is 0.313 e. The molecule has 0 bridgehead atoms. The van der Waals surface area contributed by atoms with E-state index in [4.69, 9.17) is 22.1 Å². The van der Waals surface area contributed by atoms with Gasteiger partial charge in [0.1, 0.15) is 5.75 Å². The number of carbonyl (C=O) groups excluding carboxylic acids is 2. The standard InChI is InChI=1S/C26H23ClN4O3/c1-34-19-9-2-15(3-10-19)24-23-20(21-14-16(27)4-11-22(21)30-23)12-13-31(24)26(33)25(32)29-18-7-5-17(28)6-8-18/h2-11,14,24,30H,12-13,28H2,1H3,(H,29,32). The number of nitrogens with two attached hydrogens (primary N) is 1. The Bertz CT molecular complexity index is 1380. The van der Waals surface area contributed by atoms with E-state index in [0.29, 0.717) is 35.1 Å². The second-order valence-electron chi connectivity index (χ2n) is 8.21. The molecule has 0 saturated carbocycles. The lowest BCUT2D eigenvalue weighted by atomic mass is 9.92. The van der Waals surface area contributed by atoms with Gasteiger partial charge in [0, 0.05) is 39.5 Å². The third kappa shape index (κ3) is 3.95. The van der Waals surface area contributed by atoms with Gasteiger partial charge in [0.2, 0.25) is 0 Å². The molecular weight excluding hydrogens is 452 g/mol. The molecule has 2 heterocycles. The van der Waals surface area contributed by atoms with Crippen molar-refractivity contribution in [3.8, 4) is 5.75 Å². The fraction of sp³-hybridized carbons (Fsp3) is 0.154. The summed E-state index contributed by atoms with van der Waals surface area (Å²) < 4.78 is 5.30. The highest BCUT2D eigenvalue weighted by molar-refractivity contribution is 6.39. The molecule has 0 spiro atoms. The Morgan fingerprint density at radius 2 is 1.82 bits per heavy atom. The summed E-state index contributed by atoms with van der Waals surface area (Å²) in [5, 5.41) is 4.36. The summed E-state index contributed by atoms with van der Waals surface area (Å²) in [7, 11) is 1.60. The summed E-state index contributed by atoms with van der Waals surface area (Å²) in [6.45, 7) is 0.386. The van der Waals surface area contributed by atoms with E-state index in [0.717, 1.165) is 27.7 Å². The maximum Gasteiger partial charge on any atom is 0.313 e. The van der Waals surface area contributed by atoms with Gasteiger partial charge in [-0.05, 0) is 72.1 Å². The van der Waals surface area contributed by atoms with Gasteiger partial charge in [-0.2, -0.15) is 0 Å². The first-order valence-electron chi connectivity index (χ1n) is 10.9. The van der Waals surface area contributed by atoms with Crippen LogP contribution < -0.4 is 15.8 Å². The number of amides is 2. The summed E-state index contributed by atoms with van der Waals surface area (Å²) in [5.41, 5.74) is 10.6. The summed E-state index contributed by atoms with van der Waals surface area (Å²) in [6.07, 6.45) is 0.600. The lowest BCUT2D eigenvalue weighted by Gasteiger charge is -2.35. The van der Waals surface area contributed by atoms with E-state index in [-0.39, 0.29) is 0 Å². The fourth-order valence-electron chi connectivity index (χ4n) is 4.49. The van der Waals surface area contributed by atoms with E-state index in [1.165, 1.54) is 0 Å². The van der Waals surface area contributed by atoms with Gasteiger partial charge in [0.25, 0.3) is 0 Å². The SMILES string of the molecule is COc1ccc(C2c3[nH]c4ccc(Cl)cc4c3CCN2C(=O)C(=O)Nc2ccc(N)cc2)cc1. The fourth-order valence-corrected chi connectivity index (χ4v) is 4.67. The molecule has 1 atom stereocenters. The summed E-state index contributed by atoms with van der Waals surface area (Å²) in [4.78, 5) is 31.4. The highest BCUT2D eigenvalue weighted by Crippen LogP contribution is 2.39. The number of anilines is 2. The van der Waals surface area contributed by atoms with Gasteiger partial charge in [0.15, 0.2) is 0 Å². The number of halogens is 1. The lowest BCUT2D eigenvalue weighted by Crippen LogP contribution is -2.45. The van der Waals surface area contributed by atoms with Crippen LogP contribution in [0.15, 0.2) is 66.7 Å². The highest BCUT2D eigenvalue weighted by atomic mass is 35.5. The van der Waals surface area contributed by atoms with Crippen LogP contribution in [0.5, 0.6) is 5.75 Å². The van der Waals surface area contributed by atoms with E-state index in [1.54, 1.807) is 36.3 Å². The molecule has 0 saturated heterocycles. The highest BCUT2D eigenvalue weighted by Gasteiger charge is 2.37. The lowest BCUT2D eigenvalue weighted by molar-refractivity contribution is -0.144. The molecule has 34 heavy (non-hydrogen) atoms. The first kappa shape index (κ1) is 21.9. The molecule has 0 radical (unpaired) electrons. The average molecular weight is 475 g/mol. The van der Waals surface area contributed by atoms with Gasteiger partial charge in [-0.1, -0.05) is 23.7 Å². The Labute approximate surface area is 201 Å². The molecule has 8 heteroatoms. The van der Waals surface area contributed by atoms with Crippen molar-refractivity contribution in [2.45, 2.75) is 12.5 Å². The zero-order valence-corrected chi connectivity index (χ0v) is 19.2. The summed E-state index contributed by atoms with van der Waals surface area (Å²) in [5.74, 6) is -0.604. The normalized spacial score (nSPS) is 15.1. The molecule has 1 unspecified atom stereocenters. The molecule has 4 N–H and O–H groups in total. The van der Waals surface area contributed by atoms with Crippen LogP contribution in [0.1, 0.15) is 22.9 Å². The maximum atomic E-state index is 13.4. The Balaban J connectivity index is 1.54. The van der Waals surface area contributed by atoms with Gasteiger partial charge in [-0.15, -0.1) is 0 Å². The van der Waals surface area contributed by atoms with Crippen molar-refractivity contribution in [1.82, 2.24) is 9.88 Å². The summed E-state index contributed by atoms with van der Waals surface area (Å²) in [6, 6.07) is 19.4. The van der Waals surface area contributed by atoms with Gasteiger partial charge < -0.3 is 25.7 Å². The van der Waals surface area contributed by atoms with Crippen LogP contribution in [-0.2, 0) is 16.0 Å². The Hall–Kier alpha value is -3.97. The third-order valence-electron chi connectivity index (χ3n) is 6.14. The molecule has 1 aliphatic heterocycles. The predicted octanol–water partition coefficient (Wildman–Crippen LogP) is 4.52. The molecule has 1 aromatic heterocycles. The number of ether oxygens (including phenoxy) is 1. The first-order chi connectivity index (χ1) is 16.4. The van der Waals surface area contributed by atoms with E-state index in [1.807, 2.05) is 42.5 Å². The molecule has 0 aliphatic carbocycles. The van der Waals surface area contributed by atoms with Crippen molar-refractivity contribution < 1.29 is 14.3 Å². The number of methoxy groups -OCH3 is 1. The van der Waals surface area contributed by atoms with Gasteiger partial charge in [-0.3, -0.25) is 9.59 Å². The number of carbonyl (C=O) groups is 2. The number of hydrogen-bond donors (Lipinski definition) is 3. The monoisotopic (exact) mass is 474 g/mol. The average Bonchev–Trinajstić information content (AvgIpc) is 3.22. The minimum absolute atomic E-state index is 0.386. The number of nitrogen functional groups attached to an aromatic ring is 1. The topological polar surface area (TPSA) is 100 Å². The van der Waals surface area contributed by atoms with Crippen LogP contribution in [0.25, 0.3) is 10.9 Å². The minimum Gasteiger partial charge on any atom is -0.497 e. The van der Waals surface area contributed by atoms with E-state index in [9.17, 15) is 9.59 Å². The predicted molar refractivity (Wildman–Crippen MR) is 133 cm³/mol.